The zero-order chi connectivity index (χ0) is 40.0. The first kappa shape index (κ1) is 42.3. The van der Waals surface area contributed by atoms with Crippen LogP contribution in [-0.4, -0.2) is 80.0 Å². The number of esters is 2. The van der Waals surface area contributed by atoms with Crippen LogP contribution in [0.25, 0.3) is 0 Å². The topological polar surface area (TPSA) is 117 Å². The Bertz CT molecular complexity index is 1940. The number of aryl methyl sites for hydroxylation is 3. The van der Waals surface area contributed by atoms with Gasteiger partial charge in [-0.1, -0.05) is 36.4 Å². The molecule has 0 saturated carbocycles. The fourth-order valence-corrected chi connectivity index (χ4v) is 8.22. The van der Waals surface area contributed by atoms with E-state index in [1.807, 2.05) is 67.6 Å². The molecule has 298 valence electrons. The van der Waals surface area contributed by atoms with Gasteiger partial charge in [0.1, 0.15) is 5.00 Å². The summed E-state index contributed by atoms with van der Waals surface area (Å²) in [7, 11) is 3.45. The van der Waals surface area contributed by atoms with Crippen molar-refractivity contribution in [2.45, 2.75) is 84.7 Å². The smallest absolute Gasteiger partial charge is 0.337 e. The maximum Gasteiger partial charge on any atom is 0.337 e. The van der Waals surface area contributed by atoms with E-state index in [2.05, 4.69) is 41.3 Å². The number of likely N-dealkylation sites (N-methyl/N-ethyl adjacent to an activating group) is 1. The van der Waals surface area contributed by atoms with Crippen LogP contribution >= 0.6 is 11.3 Å². The number of fused-ring (bicyclic) bond motifs is 1. The Labute approximate surface area is 335 Å². The maximum absolute atomic E-state index is 13.9. The van der Waals surface area contributed by atoms with E-state index < -0.39 is 0 Å². The molecular formula is C45H56N4O6S. The number of anilines is 2. The summed E-state index contributed by atoms with van der Waals surface area (Å²) < 4.78 is 9.83. The number of ether oxygens (including phenoxy) is 2. The number of amides is 2. The summed E-state index contributed by atoms with van der Waals surface area (Å²) in [5.41, 5.74) is 6.67. The monoisotopic (exact) mass is 780 g/mol. The summed E-state index contributed by atoms with van der Waals surface area (Å²) in [6.45, 7) is 9.80. The Morgan fingerprint density at radius 2 is 1.50 bits per heavy atom. The van der Waals surface area contributed by atoms with Gasteiger partial charge in [0.15, 0.2) is 0 Å². The van der Waals surface area contributed by atoms with Crippen LogP contribution in [0.15, 0.2) is 72.8 Å². The van der Waals surface area contributed by atoms with Crippen LogP contribution in [0.4, 0.5) is 10.7 Å². The minimum absolute atomic E-state index is 0.149. The summed E-state index contributed by atoms with van der Waals surface area (Å²) in [6.07, 6.45) is 6.60. The van der Waals surface area contributed by atoms with Crippen molar-refractivity contribution in [2.24, 2.45) is 0 Å². The van der Waals surface area contributed by atoms with Crippen molar-refractivity contribution in [3.8, 4) is 0 Å². The van der Waals surface area contributed by atoms with Gasteiger partial charge < -0.3 is 25.0 Å². The summed E-state index contributed by atoms with van der Waals surface area (Å²) in [6, 6.07) is 23.3. The predicted octanol–water partition coefficient (Wildman–Crippen LogP) is 8.19. The van der Waals surface area contributed by atoms with Gasteiger partial charge in [-0.05, 0) is 138 Å². The standard InChI is InChI=1S/C45H56N4O6S/c1-6-55-40(50)15-10-26-48(4)27-28-49(31(2)3)30-34-11-9-12-36(29-34)42(51)47-44-41(38-13-7-8-14-39(38)56-44)43(52)46-37-24-20-33(21-25-37)17-16-32-18-22-35(23-19-32)45(53)54-5/h9,11-12,18-25,29,31H,6-8,10,13-17,26-28,30H2,1-5H3,(H,46,52)(H,47,51). The molecule has 0 atom stereocenters. The molecule has 1 aliphatic rings. The number of nitrogens with zero attached hydrogens (tertiary/aromatic N) is 2. The highest BCUT2D eigenvalue weighted by Crippen LogP contribution is 2.39. The highest BCUT2D eigenvalue weighted by Gasteiger charge is 2.27. The predicted molar refractivity (Wildman–Crippen MR) is 224 cm³/mol. The molecule has 1 aromatic heterocycles. The van der Waals surface area contributed by atoms with Crippen LogP contribution in [0.5, 0.6) is 0 Å². The molecule has 5 rings (SSSR count). The Kier molecular flexibility index (Phi) is 15.8. The second-order valence-electron chi connectivity index (χ2n) is 14.7. The fourth-order valence-electron chi connectivity index (χ4n) is 6.93. The Hall–Kier alpha value is -4.84. The average Bonchev–Trinajstić information content (AvgIpc) is 3.57. The van der Waals surface area contributed by atoms with Gasteiger partial charge in [0.05, 0.1) is 24.8 Å². The molecule has 1 aliphatic carbocycles. The zero-order valence-corrected chi connectivity index (χ0v) is 34.3. The van der Waals surface area contributed by atoms with E-state index in [9.17, 15) is 19.2 Å². The van der Waals surface area contributed by atoms with Crippen molar-refractivity contribution in [3.05, 3.63) is 117 Å². The lowest BCUT2D eigenvalue weighted by molar-refractivity contribution is -0.143. The number of carbonyl (C=O) groups excluding carboxylic acids is 4. The van der Waals surface area contributed by atoms with Gasteiger partial charge in [0.2, 0.25) is 0 Å². The minimum Gasteiger partial charge on any atom is -0.466 e. The quantitative estimate of drug-likeness (QED) is 0.0916. The third-order valence-corrected chi connectivity index (χ3v) is 11.4. The first-order valence-electron chi connectivity index (χ1n) is 19.7. The van der Waals surface area contributed by atoms with Gasteiger partial charge in [-0.2, -0.15) is 0 Å². The Morgan fingerprint density at radius 3 is 2.18 bits per heavy atom. The van der Waals surface area contributed by atoms with E-state index in [1.165, 1.54) is 23.3 Å². The first-order chi connectivity index (χ1) is 27.0. The third-order valence-electron chi connectivity index (χ3n) is 10.2. The van der Waals surface area contributed by atoms with Gasteiger partial charge in [0, 0.05) is 48.2 Å². The summed E-state index contributed by atoms with van der Waals surface area (Å²) in [5.74, 6) is -0.949. The molecular weight excluding hydrogens is 725 g/mol. The van der Waals surface area contributed by atoms with Crippen LogP contribution in [0.1, 0.15) is 105 Å². The molecule has 10 nitrogen and oxygen atoms in total. The molecule has 1 heterocycles. The van der Waals surface area contributed by atoms with Gasteiger partial charge in [-0.3, -0.25) is 19.3 Å². The number of hydrogen-bond acceptors (Lipinski definition) is 9. The van der Waals surface area contributed by atoms with Crippen molar-refractivity contribution in [1.29, 1.82) is 0 Å². The SMILES string of the molecule is CCOC(=O)CCCN(C)CCN(Cc1cccc(C(=O)Nc2sc3c(c2C(=O)Nc2ccc(CCc4ccc(C(=O)OC)cc4)cc2)CCCC3)c1)C(C)C. The molecule has 2 N–H and O–H groups in total. The van der Waals surface area contributed by atoms with Crippen LogP contribution in [0, 0.1) is 0 Å². The van der Waals surface area contributed by atoms with Crippen molar-refractivity contribution >= 4 is 45.8 Å². The lowest BCUT2D eigenvalue weighted by atomic mass is 9.95. The molecule has 0 radical (unpaired) electrons. The molecule has 4 aromatic rings. The molecule has 0 spiro atoms. The number of thiophene rings is 1. The van der Waals surface area contributed by atoms with Crippen molar-refractivity contribution in [1.82, 2.24) is 9.80 Å². The van der Waals surface area contributed by atoms with Crippen molar-refractivity contribution in [3.63, 3.8) is 0 Å². The number of carbonyl (C=O) groups is 4. The van der Waals surface area contributed by atoms with Crippen molar-refractivity contribution in [2.75, 3.05) is 51.0 Å². The number of methoxy groups -OCH3 is 1. The number of hydrogen-bond donors (Lipinski definition) is 2. The van der Waals surface area contributed by atoms with E-state index in [1.54, 1.807) is 12.1 Å². The number of rotatable bonds is 19. The normalized spacial score (nSPS) is 12.4. The Balaban J connectivity index is 1.20. The molecule has 11 heteroatoms. The van der Waals surface area contributed by atoms with E-state index in [0.717, 1.165) is 86.8 Å². The largest absolute Gasteiger partial charge is 0.466 e. The summed E-state index contributed by atoms with van der Waals surface area (Å²) >= 11 is 1.51. The van der Waals surface area contributed by atoms with E-state index in [4.69, 9.17) is 9.47 Å². The van der Waals surface area contributed by atoms with Crippen LogP contribution < -0.4 is 10.6 Å². The number of benzene rings is 3. The molecule has 56 heavy (non-hydrogen) atoms. The average molecular weight is 781 g/mol. The van der Waals surface area contributed by atoms with Gasteiger partial charge in [0.25, 0.3) is 11.8 Å². The van der Waals surface area contributed by atoms with Crippen LogP contribution in [0.2, 0.25) is 0 Å². The van der Waals surface area contributed by atoms with Crippen LogP contribution in [0.3, 0.4) is 0 Å². The Morgan fingerprint density at radius 1 is 0.804 bits per heavy atom. The molecule has 0 bridgehead atoms. The second-order valence-corrected chi connectivity index (χ2v) is 15.8. The van der Waals surface area contributed by atoms with E-state index in [0.29, 0.717) is 53.0 Å². The molecule has 0 aliphatic heterocycles. The molecule has 0 unspecified atom stereocenters. The number of nitrogens with one attached hydrogen (secondary N) is 2. The highest BCUT2D eigenvalue weighted by atomic mass is 32.1. The lowest BCUT2D eigenvalue weighted by Gasteiger charge is -2.29. The first-order valence-corrected chi connectivity index (χ1v) is 20.6. The van der Waals surface area contributed by atoms with Crippen molar-refractivity contribution < 1.29 is 28.7 Å². The van der Waals surface area contributed by atoms with Gasteiger partial charge >= 0.3 is 11.9 Å². The molecule has 0 fully saturated rings. The molecule has 0 saturated heterocycles. The van der Waals surface area contributed by atoms with E-state index >= 15 is 0 Å². The van der Waals surface area contributed by atoms with Crippen LogP contribution in [-0.2, 0) is 46.5 Å². The minimum atomic E-state index is -0.348. The lowest BCUT2D eigenvalue weighted by Crippen LogP contribution is -2.37. The fraction of sp³-hybridized carbons (Fsp3) is 0.422. The highest BCUT2D eigenvalue weighted by molar-refractivity contribution is 7.17. The molecule has 2 amide bonds. The zero-order valence-electron chi connectivity index (χ0n) is 33.5. The third kappa shape index (κ3) is 12.1. The summed E-state index contributed by atoms with van der Waals surface area (Å²) in [5, 5.41) is 6.81. The molecule has 3 aromatic carbocycles. The summed E-state index contributed by atoms with van der Waals surface area (Å²) in [4.78, 5) is 56.9. The van der Waals surface area contributed by atoms with Gasteiger partial charge in [-0.25, -0.2) is 4.79 Å². The van der Waals surface area contributed by atoms with Gasteiger partial charge in [-0.15, -0.1) is 11.3 Å². The van der Waals surface area contributed by atoms with E-state index in [-0.39, 0.29) is 23.8 Å². The second kappa shape index (κ2) is 20.9. The maximum atomic E-state index is 13.9.